The Morgan fingerprint density at radius 1 is 1.44 bits per heavy atom. The minimum Gasteiger partial charge on any atom is -0.312 e. The predicted octanol–water partition coefficient (Wildman–Crippen LogP) is 2.02. The van der Waals surface area contributed by atoms with E-state index in [0.717, 1.165) is 13.1 Å². The fourth-order valence-electron chi connectivity index (χ4n) is 2.28. The highest BCUT2D eigenvalue weighted by molar-refractivity contribution is 5.03. The zero-order chi connectivity index (χ0) is 13.5. The monoisotopic (exact) mass is 252 g/mol. The summed E-state index contributed by atoms with van der Waals surface area (Å²) in [6.07, 6.45) is 6.39. The zero-order valence-electron chi connectivity index (χ0n) is 12.5. The summed E-state index contributed by atoms with van der Waals surface area (Å²) >= 11 is 0. The van der Waals surface area contributed by atoms with Gasteiger partial charge >= 0.3 is 0 Å². The molecule has 0 radical (unpaired) electrons. The Bertz CT molecular complexity index is 334. The summed E-state index contributed by atoms with van der Waals surface area (Å²) in [4.78, 5) is 2.40. The molecule has 2 atom stereocenters. The molecule has 0 aliphatic rings. The summed E-state index contributed by atoms with van der Waals surface area (Å²) in [5.41, 5.74) is 1.28. The van der Waals surface area contributed by atoms with Gasteiger partial charge in [0.2, 0.25) is 0 Å². The number of hydrogen-bond donors (Lipinski definition) is 1. The van der Waals surface area contributed by atoms with Crippen molar-refractivity contribution in [2.75, 3.05) is 13.6 Å². The molecule has 4 nitrogen and oxygen atoms in total. The molecule has 18 heavy (non-hydrogen) atoms. The highest BCUT2D eigenvalue weighted by Gasteiger charge is 2.19. The van der Waals surface area contributed by atoms with Gasteiger partial charge in [0.25, 0.3) is 0 Å². The molecule has 0 fully saturated rings. The van der Waals surface area contributed by atoms with E-state index >= 15 is 0 Å². The molecule has 2 unspecified atom stereocenters. The largest absolute Gasteiger partial charge is 0.312 e. The van der Waals surface area contributed by atoms with Gasteiger partial charge in [0.05, 0.1) is 6.20 Å². The first-order valence-electron chi connectivity index (χ1n) is 6.99. The molecule has 1 aromatic heterocycles. The van der Waals surface area contributed by atoms with Crippen molar-refractivity contribution in [3.05, 3.63) is 18.0 Å². The number of nitrogens with one attached hydrogen (secondary N) is 1. The van der Waals surface area contributed by atoms with Crippen LogP contribution in [0.25, 0.3) is 0 Å². The third-order valence-corrected chi connectivity index (χ3v) is 3.56. The number of hydrogen-bond acceptors (Lipinski definition) is 3. The highest BCUT2D eigenvalue weighted by atomic mass is 15.2. The highest BCUT2D eigenvalue weighted by Crippen LogP contribution is 2.10. The van der Waals surface area contributed by atoms with Crippen LogP contribution < -0.4 is 5.32 Å². The topological polar surface area (TPSA) is 33.1 Å². The van der Waals surface area contributed by atoms with Gasteiger partial charge in [0.1, 0.15) is 0 Å². The van der Waals surface area contributed by atoms with E-state index in [0.29, 0.717) is 12.1 Å². The first kappa shape index (κ1) is 15.2. The van der Waals surface area contributed by atoms with Crippen molar-refractivity contribution in [3.8, 4) is 0 Å². The van der Waals surface area contributed by atoms with Gasteiger partial charge in [0.15, 0.2) is 0 Å². The van der Waals surface area contributed by atoms with E-state index in [-0.39, 0.29) is 0 Å². The lowest BCUT2D eigenvalue weighted by atomic mass is 10.1. The average molecular weight is 252 g/mol. The van der Waals surface area contributed by atoms with Crippen LogP contribution in [0.15, 0.2) is 12.4 Å². The lowest BCUT2D eigenvalue weighted by molar-refractivity contribution is 0.195. The van der Waals surface area contributed by atoms with Gasteiger partial charge in [-0.05, 0) is 33.4 Å². The fraction of sp³-hybridized carbons (Fsp3) is 0.786. The molecule has 1 heterocycles. The molecular formula is C14H28N4. The van der Waals surface area contributed by atoms with Crippen LogP contribution >= 0.6 is 0 Å². The van der Waals surface area contributed by atoms with Crippen molar-refractivity contribution in [1.29, 1.82) is 0 Å². The lowest BCUT2D eigenvalue weighted by Crippen LogP contribution is -2.46. The van der Waals surface area contributed by atoms with Crippen LogP contribution in [-0.4, -0.2) is 40.4 Å². The summed E-state index contributed by atoms with van der Waals surface area (Å²) in [6.45, 7) is 8.82. The van der Waals surface area contributed by atoms with Crippen LogP contribution in [0.2, 0.25) is 0 Å². The Kier molecular flexibility index (Phi) is 6.36. The number of nitrogens with zero attached hydrogens (tertiary/aromatic N) is 3. The summed E-state index contributed by atoms with van der Waals surface area (Å²) < 4.78 is 1.86. The molecule has 104 valence electrons. The summed E-state index contributed by atoms with van der Waals surface area (Å²) in [5, 5.41) is 7.85. The van der Waals surface area contributed by atoms with Crippen LogP contribution in [0.4, 0.5) is 0 Å². The van der Waals surface area contributed by atoms with E-state index < -0.39 is 0 Å². The molecule has 1 aromatic rings. The molecule has 0 bridgehead atoms. The Hall–Kier alpha value is -0.870. The van der Waals surface area contributed by atoms with Crippen molar-refractivity contribution < 1.29 is 0 Å². The van der Waals surface area contributed by atoms with E-state index in [2.05, 4.69) is 49.3 Å². The Balaban J connectivity index is 2.50. The fourth-order valence-corrected chi connectivity index (χ4v) is 2.28. The molecule has 0 aliphatic heterocycles. The maximum atomic E-state index is 4.22. The summed E-state index contributed by atoms with van der Waals surface area (Å²) in [7, 11) is 4.15. The van der Waals surface area contributed by atoms with Gasteiger partial charge in [-0.25, -0.2) is 0 Å². The normalized spacial score (nSPS) is 15.0. The second-order valence-electron chi connectivity index (χ2n) is 5.15. The number of likely N-dealkylation sites (N-methyl/N-ethyl adjacent to an activating group) is 1. The lowest BCUT2D eigenvalue weighted by Gasteiger charge is -2.32. The Labute approximate surface area is 111 Å². The smallest absolute Gasteiger partial charge is 0.0534 e. The standard InChI is InChI=1S/C14H28N4/c1-6-8-15-14(7-2)12(3)17(4)10-13-9-16-18(5)11-13/h9,11-12,14-15H,6-8,10H2,1-5H3. The molecule has 0 saturated heterocycles. The van der Waals surface area contributed by atoms with Gasteiger partial charge in [-0.1, -0.05) is 13.8 Å². The van der Waals surface area contributed by atoms with Crippen molar-refractivity contribution in [1.82, 2.24) is 20.0 Å². The quantitative estimate of drug-likeness (QED) is 0.768. The minimum absolute atomic E-state index is 0.529. The third-order valence-electron chi connectivity index (χ3n) is 3.56. The van der Waals surface area contributed by atoms with Crippen LogP contribution in [0.3, 0.4) is 0 Å². The minimum atomic E-state index is 0.529. The van der Waals surface area contributed by atoms with Crippen LogP contribution in [0.1, 0.15) is 39.2 Å². The van der Waals surface area contributed by atoms with Crippen LogP contribution in [0, 0.1) is 0 Å². The molecule has 4 heteroatoms. The van der Waals surface area contributed by atoms with Gasteiger partial charge < -0.3 is 5.32 Å². The number of aromatic nitrogens is 2. The number of rotatable bonds is 8. The molecule has 1 rings (SSSR count). The second kappa shape index (κ2) is 7.54. The first-order valence-corrected chi connectivity index (χ1v) is 6.99. The van der Waals surface area contributed by atoms with E-state index in [4.69, 9.17) is 0 Å². The molecular weight excluding hydrogens is 224 g/mol. The molecule has 0 amide bonds. The second-order valence-corrected chi connectivity index (χ2v) is 5.15. The van der Waals surface area contributed by atoms with Gasteiger partial charge in [-0.3, -0.25) is 9.58 Å². The Morgan fingerprint density at radius 3 is 2.67 bits per heavy atom. The van der Waals surface area contributed by atoms with Crippen molar-refractivity contribution in [2.45, 2.75) is 52.2 Å². The summed E-state index contributed by atoms with van der Waals surface area (Å²) in [6, 6.07) is 1.09. The van der Waals surface area contributed by atoms with E-state index in [1.54, 1.807) is 0 Å². The molecule has 0 aromatic carbocycles. The summed E-state index contributed by atoms with van der Waals surface area (Å²) in [5.74, 6) is 0. The molecule has 0 spiro atoms. The maximum absolute atomic E-state index is 4.22. The van der Waals surface area contributed by atoms with Crippen molar-refractivity contribution in [2.24, 2.45) is 7.05 Å². The first-order chi connectivity index (χ1) is 8.58. The molecule has 0 aliphatic carbocycles. The molecule has 1 N–H and O–H groups in total. The zero-order valence-corrected chi connectivity index (χ0v) is 12.5. The average Bonchev–Trinajstić information content (AvgIpc) is 2.75. The van der Waals surface area contributed by atoms with Crippen LogP contribution in [0.5, 0.6) is 0 Å². The van der Waals surface area contributed by atoms with Gasteiger partial charge in [0, 0.05) is 37.4 Å². The molecule has 0 saturated carbocycles. The van der Waals surface area contributed by atoms with Gasteiger partial charge in [-0.2, -0.15) is 5.10 Å². The van der Waals surface area contributed by atoms with Gasteiger partial charge in [-0.15, -0.1) is 0 Å². The Morgan fingerprint density at radius 2 is 2.17 bits per heavy atom. The maximum Gasteiger partial charge on any atom is 0.0534 e. The van der Waals surface area contributed by atoms with E-state index in [1.807, 2.05) is 17.9 Å². The third kappa shape index (κ3) is 4.42. The number of aryl methyl sites for hydroxylation is 1. The predicted molar refractivity (Wildman–Crippen MR) is 76.5 cm³/mol. The van der Waals surface area contributed by atoms with Crippen LogP contribution in [-0.2, 0) is 13.6 Å². The van der Waals surface area contributed by atoms with E-state index in [9.17, 15) is 0 Å². The van der Waals surface area contributed by atoms with E-state index in [1.165, 1.54) is 18.4 Å². The SMILES string of the molecule is CCCNC(CC)C(C)N(C)Cc1cnn(C)c1. The van der Waals surface area contributed by atoms with Crippen molar-refractivity contribution >= 4 is 0 Å². The van der Waals surface area contributed by atoms with Crippen molar-refractivity contribution in [3.63, 3.8) is 0 Å².